The maximum atomic E-state index is 12.7. The summed E-state index contributed by atoms with van der Waals surface area (Å²) in [4.78, 5) is 46.7. The number of nitrogens with zero attached hydrogens (tertiary/aromatic N) is 1. The Morgan fingerprint density at radius 1 is 0.935 bits per heavy atom. The second-order valence-corrected chi connectivity index (χ2v) is 6.17. The van der Waals surface area contributed by atoms with Crippen molar-refractivity contribution in [2.75, 3.05) is 19.5 Å². The fourth-order valence-electron chi connectivity index (χ4n) is 2.73. The number of non-ortho nitro benzene ring substituents is 1. The van der Waals surface area contributed by atoms with E-state index in [0.717, 1.165) is 0 Å². The van der Waals surface area contributed by atoms with Crippen molar-refractivity contribution in [1.29, 1.82) is 0 Å². The van der Waals surface area contributed by atoms with Gasteiger partial charge in [-0.15, -0.1) is 0 Å². The molecule has 3 rings (SSSR count). The van der Waals surface area contributed by atoms with E-state index in [0.29, 0.717) is 11.3 Å². The summed E-state index contributed by atoms with van der Waals surface area (Å²) in [5.41, 5.74) is 0.650. The molecule has 0 saturated heterocycles. The summed E-state index contributed by atoms with van der Waals surface area (Å²) >= 11 is 0. The van der Waals surface area contributed by atoms with Crippen LogP contribution in [0.5, 0.6) is 0 Å². The number of nitrogens with one attached hydrogen (secondary N) is 1. The van der Waals surface area contributed by atoms with Crippen LogP contribution in [0.25, 0.3) is 11.3 Å². The van der Waals surface area contributed by atoms with E-state index < -0.39 is 22.8 Å². The summed E-state index contributed by atoms with van der Waals surface area (Å²) in [6.07, 6.45) is 0. The Morgan fingerprint density at radius 2 is 1.61 bits per heavy atom. The molecule has 0 radical (unpaired) electrons. The highest BCUT2D eigenvalue weighted by Gasteiger charge is 2.20. The first-order valence-corrected chi connectivity index (χ1v) is 8.80. The van der Waals surface area contributed by atoms with Crippen molar-refractivity contribution < 1.29 is 33.2 Å². The number of hydrogen-bond acceptors (Lipinski definition) is 8. The highest BCUT2D eigenvalue weighted by atomic mass is 16.6. The van der Waals surface area contributed by atoms with Gasteiger partial charge in [0, 0.05) is 17.7 Å². The van der Waals surface area contributed by atoms with Crippen molar-refractivity contribution in [2.24, 2.45) is 0 Å². The van der Waals surface area contributed by atoms with Gasteiger partial charge in [0.2, 0.25) is 0 Å². The van der Waals surface area contributed by atoms with Gasteiger partial charge in [-0.1, -0.05) is 0 Å². The molecule has 1 aromatic heterocycles. The molecule has 31 heavy (non-hydrogen) atoms. The summed E-state index contributed by atoms with van der Waals surface area (Å²) in [5.74, 6) is -1.80. The third kappa shape index (κ3) is 4.58. The van der Waals surface area contributed by atoms with E-state index in [1.165, 1.54) is 68.8 Å². The highest BCUT2D eigenvalue weighted by molar-refractivity contribution is 6.08. The van der Waals surface area contributed by atoms with Gasteiger partial charge in [0.25, 0.3) is 11.6 Å². The molecule has 10 heteroatoms. The van der Waals surface area contributed by atoms with Crippen molar-refractivity contribution in [1.82, 2.24) is 0 Å². The molecule has 3 aromatic rings. The molecule has 0 bridgehead atoms. The normalized spacial score (nSPS) is 10.3. The van der Waals surface area contributed by atoms with Crippen LogP contribution in [0, 0.1) is 10.1 Å². The lowest BCUT2D eigenvalue weighted by molar-refractivity contribution is -0.384. The number of carbonyl (C=O) groups is 3. The molecule has 0 unspecified atom stereocenters. The van der Waals surface area contributed by atoms with Gasteiger partial charge in [-0.3, -0.25) is 14.9 Å². The fourth-order valence-corrected chi connectivity index (χ4v) is 2.73. The number of carbonyl (C=O) groups excluding carboxylic acids is 3. The number of methoxy groups -OCH3 is 2. The molecular formula is C21H16N2O8. The van der Waals surface area contributed by atoms with E-state index in [-0.39, 0.29) is 28.3 Å². The van der Waals surface area contributed by atoms with Gasteiger partial charge in [0.15, 0.2) is 5.76 Å². The average Bonchev–Trinajstić information content (AvgIpc) is 3.28. The molecule has 0 aliphatic heterocycles. The Balaban J connectivity index is 1.87. The number of rotatable bonds is 6. The quantitative estimate of drug-likeness (QED) is 0.359. The Morgan fingerprint density at radius 3 is 2.23 bits per heavy atom. The molecule has 0 aliphatic rings. The van der Waals surface area contributed by atoms with E-state index in [9.17, 15) is 24.5 Å². The van der Waals surface area contributed by atoms with Crippen molar-refractivity contribution in [3.8, 4) is 11.3 Å². The fraction of sp³-hybridized carbons (Fsp3) is 0.0952. The summed E-state index contributed by atoms with van der Waals surface area (Å²) < 4.78 is 14.9. The first-order chi connectivity index (χ1) is 14.8. The molecule has 0 spiro atoms. The third-order valence-electron chi connectivity index (χ3n) is 4.29. The monoisotopic (exact) mass is 424 g/mol. The van der Waals surface area contributed by atoms with Crippen molar-refractivity contribution in [2.45, 2.75) is 0 Å². The molecule has 0 fully saturated rings. The molecule has 0 saturated carbocycles. The van der Waals surface area contributed by atoms with Gasteiger partial charge in [0.05, 0.1) is 36.0 Å². The average molecular weight is 424 g/mol. The minimum Gasteiger partial charge on any atom is -0.465 e. The predicted octanol–water partition coefficient (Wildman–Crippen LogP) is 3.68. The molecule has 1 N–H and O–H groups in total. The van der Waals surface area contributed by atoms with Crippen LogP contribution < -0.4 is 5.32 Å². The molecule has 0 atom stereocenters. The van der Waals surface area contributed by atoms with Crippen LogP contribution >= 0.6 is 0 Å². The topological polar surface area (TPSA) is 138 Å². The first-order valence-electron chi connectivity index (χ1n) is 8.80. The number of amides is 1. The number of ether oxygens (including phenoxy) is 2. The van der Waals surface area contributed by atoms with Crippen LogP contribution in [-0.2, 0) is 9.47 Å². The Labute approximate surface area is 175 Å². The lowest BCUT2D eigenvalue weighted by atomic mass is 10.1. The Hall–Kier alpha value is -4.47. The van der Waals surface area contributed by atoms with Crippen molar-refractivity contribution in [3.05, 3.63) is 81.6 Å². The number of benzene rings is 2. The van der Waals surface area contributed by atoms with Crippen LogP contribution in [-0.4, -0.2) is 37.0 Å². The van der Waals surface area contributed by atoms with Crippen LogP contribution in [0.2, 0.25) is 0 Å². The molecule has 0 aliphatic carbocycles. The Kier molecular flexibility index (Phi) is 6.10. The zero-order chi connectivity index (χ0) is 22.5. The maximum absolute atomic E-state index is 12.7. The van der Waals surface area contributed by atoms with E-state index in [1.54, 1.807) is 0 Å². The van der Waals surface area contributed by atoms with Gasteiger partial charge in [-0.2, -0.15) is 0 Å². The van der Waals surface area contributed by atoms with E-state index in [4.69, 9.17) is 9.15 Å². The van der Waals surface area contributed by atoms with Crippen molar-refractivity contribution in [3.63, 3.8) is 0 Å². The van der Waals surface area contributed by atoms with Gasteiger partial charge in [-0.05, 0) is 42.5 Å². The molecule has 10 nitrogen and oxygen atoms in total. The molecular weight excluding hydrogens is 408 g/mol. The Bertz CT molecular complexity index is 1160. The van der Waals surface area contributed by atoms with Crippen LogP contribution in [0.1, 0.15) is 31.3 Å². The molecule has 1 heterocycles. The maximum Gasteiger partial charge on any atom is 0.339 e. The summed E-state index contributed by atoms with van der Waals surface area (Å²) in [7, 11) is 2.39. The third-order valence-corrected chi connectivity index (χ3v) is 4.29. The molecule has 2 aromatic carbocycles. The van der Waals surface area contributed by atoms with Gasteiger partial charge >= 0.3 is 11.9 Å². The number of furan rings is 1. The second kappa shape index (κ2) is 8.91. The zero-order valence-electron chi connectivity index (χ0n) is 16.4. The van der Waals surface area contributed by atoms with Gasteiger partial charge in [-0.25, -0.2) is 9.59 Å². The highest BCUT2D eigenvalue weighted by Crippen LogP contribution is 2.26. The summed E-state index contributed by atoms with van der Waals surface area (Å²) in [6.45, 7) is 0. The smallest absolute Gasteiger partial charge is 0.339 e. The standard InChI is InChI=1S/C21H16N2O8/c1-29-20(25)13-5-8-15(21(26)30-2)16(11-13)22-19(24)18-10-9-17(31-18)12-3-6-14(7-4-12)23(27)28/h3-11H,1-2H3,(H,22,24). The molecule has 1 amide bonds. The summed E-state index contributed by atoms with van der Waals surface area (Å²) in [6, 6.07) is 12.6. The SMILES string of the molecule is COC(=O)c1ccc(C(=O)OC)c(NC(=O)c2ccc(-c3ccc([N+](=O)[O-])cc3)o2)c1. The molecule has 158 valence electrons. The van der Waals surface area contributed by atoms with Crippen LogP contribution in [0.4, 0.5) is 11.4 Å². The number of nitro groups is 1. The minimum atomic E-state index is -0.710. The number of nitro benzene ring substituents is 1. The van der Waals surface area contributed by atoms with Gasteiger partial charge in [0.1, 0.15) is 5.76 Å². The lowest BCUT2D eigenvalue weighted by Gasteiger charge is -2.10. The van der Waals surface area contributed by atoms with E-state index in [1.807, 2.05) is 0 Å². The number of hydrogen-bond donors (Lipinski definition) is 1. The predicted molar refractivity (Wildman–Crippen MR) is 108 cm³/mol. The number of anilines is 1. The van der Waals surface area contributed by atoms with Gasteiger partial charge < -0.3 is 19.2 Å². The van der Waals surface area contributed by atoms with Crippen LogP contribution in [0.3, 0.4) is 0 Å². The largest absolute Gasteiger partial charge is 0.465 e. The minimum absolute atomic E-state index is 0.0330. The lowest BCUT2D eigenvalue weighted by Crippen LogP contribution is -2.16. The summed E-state index contributed by atoms with van der Waals surface area (Å²) in [5, 5.41) is 13.3. The first kappa shape index (κ1) is 21.2. The zero-order valence-corrected chi connectivity index (χ0v) is 16.4. The van der Waals surface area contributed by atoms with Crippen LogP contribution in [0.15, 0.2) is 59.0 Å². The van der Waals surface area contributed by atoms with Crippen molar-refractivity contribution >= 4 is 29.2 Å². The number of esters is 2. The second-order valence-electron chi connectivity index (χ2n) is 6.17. The van der Waals surface area contributed by atoms with E-state index in [2.05, 4.69) is 10.1 Å². The van der Waals surface area contributed by atoms with E-state index >= 15 is 0 Å².